The lowest BCUT2D eigenvalue weighted by Crippen LogP contribution is -2.19. The lowest BCUT2D eigenvalue weighted by Gasteiger charge is -2.01. The van der Waals surface area contributed by atoms with E-state index in [1.54, 1.807) is 0 Å². The Morgan fingerprint density at radius 1 is 1.12 bits per heavy atom. The first-order valence-corrected chi connectivity index (χ1v) is 6.74. The summed E-state index contributed by atoms with van der Waals surface area (Å²) < 4.78 is 28.0. The van der Waals surface area contributed by atoms with E-state index >= 15 is 0 Å². The molecule has 0 saturated heterocycles. The molecule has 0 saturated carbocycles. The standard InChI is InChI=1S/C4H11NO4.C4H10O3S/c6-1-3-8-5-9-4-2-7;1-2-3-4-8(5,6)7/h5-7H,1-4H2;2-4H2,1H3,(H,5,6,7). The zero-order chi connectivity index (χ0) is 13.6. The molecule has 0 aromatic rings. The van der Waals surface area contributed by atoms with Crippen LogP contribution < -0.4 is 5.64 Å². The molecule has 4 N–H and O–H groups in total. The minimum atomic E-state index is -3.69. The Morgan fingerprint density at radius 3 is 1.82 bits per heavy atom. The second-order valence-electron chi connectivity index (χ2n) is 2.87. The van der Waals surface area contributed by atoms with Crippen LogP contribution in [-0.2, 0) is 19.8 Å². The number of hydrogen-bond acceptors (Lipinski definition) is 7. The fraction of sp³-hybridized carbons (Fsp3) is 1.00. The molecule has 0 aromatic heterocycles. The van der Waals surface area contributed by atoms with Crippen LogP contribution in [0.3, 0.4) is 0 Å². The first-order valence-electron chi connectivity index (χ1n) is 5.13. The molecule has 0 amide bonds. The van der Waals surface area contributed by atoms with Crippen molar-refractivity contribution in [2.45, 2.75) is 19.8 Å². The van der Waals surface area contributed by atoms with Crippen molar-refractivity contribution in [1.29, 1.82) is 0 Å². The van der Waals surface area contributed by atoms with Crippen LogP contribution in [0.25, 0.3) is 0 Å². The predicted molar refractivity (Wildman–Crippen MR) is 60.5 cm³/mol. The van der Waals surface area contributed by atoms with Gasteiger partial charge < -0.3 is 10.2 Å². The summed E-state index contributed by atoms with van der Waals surface area (Å²) in [5.74, 6) is -0.108. The van der Waals surface area contributed by atoms with Gasteiger partial charge >= 0.3 is 0 Å². The average Bonchev–Trinajstić information content (AvgIpc) is 2.26. The first-order chi connectivity index (χ1) is 7.97. The van der Waals surface area contributed by atoms with E-state index in [2.05, 4.69) is 15.3 Å². The van der Waals surface area contributed by atoms with Gasteiger partial charge in [-0.25, -0.2) is 0 Å². The fourth-order valence-corrected chi connectivity index (χ4v) is 1.20. The molecule has 0 aromatic carbocycles. The summed E-state index contributed by atoms with van der Waals surface area (Å²) in [5.41, 5.74) is 2.07. The number of nitrogens with one attached hydrogen (secondary N) is 1. The van der Waals surface area contributed by atoms with E-state index in [1.807, 2.05) is 6.92 Å². The molecule has 0 aliphatic heterocycles. The maximum absolute atomic E-state index is 9.95. The third kappa shape index (κ3) is 25.7. The quantitative estimate of drug-likeness (QED) is 0.242. The van der Waals surface area contributed by atoms with Gasteiger partial charge in [-0.1, -0.05) is 19.0 Å². The minimum Gasteiger partial charge on any atom is -0.394 e. The number of hydrogen-bond donors (Lipinski definition) is 4. The van der Waals surface area contributed by atoms with Gasteiger partial charge in [0.1, 0.15) is 0 Å². The molecule has 0 bridgehead atoms. The highest BCUT2D eigenvalue weighted by molar-refractivity contribution is 7.85. The largest absolute Gasteiger partial charge is 0.394 e. The molecule has 0 heterocycles. The molecular formula is C8H21NO7S. The molecule has 17 heavy (non-hydrogen) atoms. The Hall–Kier alpha value is -0.290. The van der Waals surface area contributed by atoms with Gasteiger partial charge in [0.05, 0.1) is 32.2 Å². The van der Waals surface area contributed by atoms with Crippen LogP contribution in [-0.4, -0.2) is 55.4 Å². The third-order valence-electron chi connectivity index (χ3n) is 1.26. The van der Waals surface area contributed by atoms with Crippen molar-refractivity contribution in [2.75, 3.05) is 32.2 Å². The molecule has 8 nitrogen and oxygen atoms in total. The van der Waals surface area contributed by atoms with Gasteiger partial charge in [0.2, 0.25) is 0 Å². The van der Waals surface area contributed by atoms with E-state index in [0.29, 0.717) is 6.42 Å². The fourth-order valence-electron chi connectivity index (χ4n) is 0.543. The highest BCUT2D eigenvalue weighted by Crippen LogP contribution is 1.90. The summed E-state index contributed by atoms with van der Waals surface area (Å²) in [5, 5.41) is 16.3. The molecule has 0 atom stereocenters. The van der Waals surface area contributed by atoms with Crippen molar-refractivity contribution in [3.8, 4) is 0 Å². The molecule has 0 aliphatic rings. The van der Waals surface area contributed by atoms with Crippen LogP contribution in [0.15, 0.2) is 0 Å². The number of aliphatic hydroxyl groups is 2. The van der Waals surface area contributed by atoms with Crippen molar-refractivity contribution in [3.63, 3.8) is 0 Å². The average molecular weight is 275 g/mol. The smallest absolute Gasteiger partial charge is 0.264 e. The van der Waals surface area contributed by atoms with E-state index < -0.39 is 10.1 Å². The van der Waals surface area contributed by atoms with Crippen LogP contribution >= 0.6 is 0 Å². The second-order valence-corrected chi connectivity index (χ2v) is 4.44. The van der Waals surface area contributed by atoms with E-state index in [-0.39, 0.29) is 32.2 Å². The van der Waals surface area contributed by atoms with Crippen molar-refractivity contribution >= 4 is 10.1 Å². The van der Waals surface area contributed by atoms with Crippen LogP contribution in [0.2, 0.25) is 0 Å². The van der Waals surface area contributed by atoms with Crippen LogP contribution in [0.5, 0.6) is 0 Å². The molecular weight excluding hydrogens is 254 g/mol. The second kappa shape index (κ2) is 13.8. The maximum atomic E-state index is 9.95. The van der Waals surface area contributed by atoms with Crippen LogP contribution in [0.1, 0.15) is 19.8 Å². The normalized spacial score (nSPS) is 10.8. The Morgan fingerprint density at radius 2 is 1.59 bits per heavy atom. The Balaban J connectivity index is 0. The van der Waals surface area contributed by atoms with Gasteiger partial charge in [-0.2, -0.15) is 8.42 Å². The Labute approximate surface area is 101 Å². The third-order valence-corrected chi connectivity index (χ3v) is 2.06. The van der Waals surface area contributed by atoms with Crippen molar-refractivity contribution in [2.24, 2.45) is 0 Å². The molecule has 0 radical (unpaired) electrons. The summed E-state index contributed by atoms with van der Waals surface area (Å²) in [7, 11) is -3.69. The molecule has 0 aliphatic carbocycles. The maximum Gasteiger partial charge on any atom is 0.264 e. The van der Waals surface area contributed by atoms with Crippen molar-refractivity contribution < 1.29 is 32.9 Å². The predicted octanol–water partition coefficient (Wildman–Crippen LogP) is -0.902. The first kappa shape index (κ1) is 19.1. The lowest BCUT2D eigenvalue weighted by atomic mass is 10.4. The van der Waals surface area contributed by atoms with E-state index in [1.165, 1.54) is 0 Å². The molecule has 0 rings (SSSR count). The zero-order valence-electron chi connectivity index (χ0n) is 9.83. The van der Waals surface area contributed by atoms with Gasteiger partial charge in [0.25, 0.3) is 10.1 Å². The highest BCUT2D eigenvalue weighted by atomic mass is 32.2. The topological polar surface area (TPSA) is 125 Å². The van der Waals surface area contributed by atoms with Crippen LogP contribution in [0, 0.1) is 0 Å². The van der Waals surface area contributed by atoms with Crippen molar-refractivity contribution in [3.05, 3.63) is 0 Å². The SMILES string of the molecule is CCCCS(=O)(=O)O.OCCONOCCO. The molecule has 0 spiro atoms. The van der Waals surface area contributed by atoms with Gasteiger partial charge in [0, 0.05) is 0 Å². The summed E-state index contributed by atoms with van der Waals surface area (Å²) in [4.78, 5) is 8.90. The lowest BCUT2D eigenvalue weighted by molar-refractivity contribution is -0.178. The summed E-state index contributed by atoms with van der Waals surface area (Å²) in [6, 6.07) is 0. The van der Waals surface area contributed by atoms with Crippen molar-refractivity contribution in [1.82, 2.24) is 5.64 Å². The van der Waals surface area contributed by atoms with E-state index in [9.17, 15) is 8.42 Å². The highest BCUT2D eigenvalue weighted by Gasteiger charge is 2.00. The van der Waals surface area contributed by atoms with Gasteiger partial charge in [-0.3, -0.25) is 14.2 Å². The number of rotatable bonds is 9. The molecule has 106 valence electrons. The number of aliphatic hydroxyl groups excluding tert-OH is 2. The molecule has 9 heteroatoms. The molecule has 0 fully saturated rings. The number of unbranched alkanes of at least 4 members (excludes halogenated alkanes) is 1. The monoisotopic (exact) mass is 275 g/mol. The zero-order valence-corrected chi connectivity index (χ0v) is 10.6. The van der Waals surface area contributed by atoms with Gasteiger partial charge in [0.15, 0.2) is 0 Å². The van der Waals surface area contributed by atoms with E-state index in [4.69, 9.17) is 14.8 Å². The minimum absolute atomic E-state index is 0.0600. The molecule has 0 unspecified atom stereocenters. The van der Waals surface area contributed by atoms with Gasteiger partial charge in [-0.15, -0.1) is 0 Å². The Bertz CT molecular complexity index is 226. The van der Waals surface area contributed by atoms with E-state index in [0.717, 1.165) is 6.42 Å². The summed E-state index contributed by atoms with van der Waals surface area (Å²) in [6.45, 7) is 2.09. The summed E-state index contributed by atoms with van der Waals surface area (Å²) in [6.07, 6.45) is 1.33. The Kier molecular flexibility index (Phi) is 15.4. The van der Waals surface area contributed by atoms with Crippen LogP contribution in [0.4, 0.5) is 0 Å². The summed E-state index contributed by atoms with van der Waals surface area (Å²) >= 11 is 0. The van der Waals surface area contributed by atoms with Gasteiger partial charge in [-0.05, 0) is 6.42 Å².